The van der Waals surface area contributed by atoms with Gasteiger partial charge in [-0.15, -0.1) is 0 Å². The van der Waals surface area contributed by atoms with Crippen LogP contribution in [0.4, 0.5) is 11.4 Å². The monoisotopic (exact) mass is 351 g/mol. The first-order valence-electron chi connectivity index (χ1n) is 6.49. The summed E-state index contributed by atoms with van der Waals surface area (Å²) < 4.78 is 31.8. The predicted molar refractivity (Wildman–Crippen MR) is 85.4 cm³/mol. The Balaban J connectivity index is 2.41. The van der Waals surface area contributed by atoms with Crippen molar-refractivity contribution in [3.8, 4) is 5.75 Å². The summed E-state index contributed by atoms with van der Waals surface area (Å²) in [5.41, 5.74) is 4.88. The number of amides is 1. The maximum atomic E-state index is 12.4. The molecule has 0 bridgehead atoms. The molecule has 2 rings (SSSR count). The van der Waals surface area contributed by atoms with Crippen LogP contribution in [-0.2, 0) is 10.0 Å². The topological polar surface area (TPSA) is 142 Å². The van der Waals surface area contributed by atoms with Crippen LogP contribution in [0.25, 0.3) is 0 Å². The third kappa shape index (κ3) is 3.60. The van der Waals surface area contributed by atoms with E-state index in [0.29, 0.717) is 0 Å². The summed E-state index contributed by atoms with van der Waals surface area (Å²) in [4.78, 5) is 21.1. The second-order valence-electron chi connectivity index (χ2n) is 4.64. The van der Waals surface area contributed by atoms with Crippen molar-refractivity contribution in [1.82, 2.24) is 0 Å². The summed E-state index contributed by atoms with van der Waals surface area (Å²) in [6.45, 7) is 0. The van der Waals surface area contributed by atoms with Crippen molar-refractivity contribution >= 4 is 27.3 Å². The van der Waals surface area contributed by atoms with Gasteiger partial charge >= 0.3 is 5.69 Å². The van der Waals surface area contributed by atoms with Gasteiger partial charge in [0.2, 0.25) is 5.91 Å². The molecule has 0 saturated carbocycles. The largest absolute Gasteiger partial charge is 0.490 e. The molecule has 126 valence electrons. The maximum Gasteiger partial charge on any atom is 0.312 e. The Labute approximate surface area is 137 Å². The summed E-state index contributed by atoms with van der Waals surface area (Å²) in [5.74, 6) is -0.772. The van der Waals surface area contributed by atoms with E-state index in [1.165, 1.54) is 43.5 Å². The number of anilines is 1. The number of hydrogen-bond donors (Lipinski definition) is 2. The van der Waals surface area contributed by atoms with Gasteiger partial charge in [-0.05, 0) is 30.3 Å². The van der Waals surface area contributed by atoms with Gasteiger partial charge in [-0.1, -0.05) is 6.07 Å². The first kappa shape index (κ1) is 17.2. The standard InChI is InChI=1S/C14H13N3O6S/c1-23-13-6-5-11(8-12(13)17(19)20)24(21,22)16-10-4-2-3-9(7-10)14(15)18/h2-8,16H,1H3,(H2,15,18). The van der Waals surface area contributed by atoms with Crippen LogP contribution in [0.1, 0.15) is 10.4 Å². The van der Waals surface area contributed by atoms with E-state index in [1.54, 1.807) is 0 Å². The van der Waals surface area contributed by atoms with Gasteiger partial charge in [0.15, 0.2) is 5.75 Å². The van der Waals surface area contributed by atoms with E-state index in [2.05, 4.69) is 4.72 Å². The minimum absolute atomic E-state index is 0.0605. The highest BCUT2D eigenvalue weighted by molar-refractivity contribution is 7.92. The number of nitro benzene ring substituents is 1. The minimum Gasteiger partial charge on any atom is -0.490 e. The quantitative estimate of drug-likeness (QED) is 0.596. The molecule has 0 radical (unpaired) electrons. The second kappa shape index (κ2) is 6.54. The Morgan fingerprint density at radius 1 is 1.25 bits per heavy atom. The fourth-order valence-electron chi connectivity index (χ4n) is 1.93. The van der Waals surface area contributed by atoms with E-state index in [0.717, 1.165) is 6.07 Å². The number of ether oxygens (including phenoxy) is 1. The molecule has 1 amide bonds. The summed E-state index contributed by atoms with van der Waals surface area (Å²) in [6.07, 6.45) is 0. The van der Waals surface area contributed by atoms with E-state index in [1.807, 2.05) is 0 Å². The maximum absolute atomic E-state index is 12.4. The number of hydrogen-bond acceptors (Lipinski definition) is 6. The third-order valence-electron chi connectivity index (χ3n) is 3.06. The molecule has 9 nitrogen and oxygen atoms in total. The van der Waals surface area contributed by atoms with Crippen molar-refractivity contribution in [3.05, 3.63) is 58.1 Å². The molecule has 0 atom stereocenters. The third-order valence-corrected chi connectivity index (χ3v) is 4.44. The zero-order valence-electron chi connectivity index (χ0n) is 12.4. The number of carbonyl (C=O) groups is 1. The van der Waals surface area contributed by atoms with Crippen LogP contribution in [0, 0.1) is 10.1 Å². The predicted octanol–water partition coefficient (Wildman–Crippen LogP) is 1.50. The lowest BCUT2D eigenvalue weighted by molar-refractivity contribution is -0.386. The SMILES string of the molecule is COc1ccc(S(=O)(=O)Nc2cccc(C(N)=O)c2)cc1[N+](=O)[O-]. The number of benzene rings is 2. The fourth-order valence-corrected chi connectivity index (χ4v) is 3.00. The van der Waals surface area contributed by atoms with Gasteiger partial charge in [-0.3, -0.25) is 19.6 Å². The van der Waals surface area contributed by atoms with E-state index in [-0.39, 0.29) is 21.9 Å². The molecule has 24 heavy (non-hydrogen) atoms. The van der Waals surface area contributed by atoms with E-state index in [9.17, 15) is 23.3 Å². The second-order valence-corrected chi connectivity index (χ2v) is 6.32. The van der Waals surface area contributed by atoms with Crippen molar-refractivity contribution in [2.75, 3.05) is 11.8 Å². The summed E-state index contributed by atoms with van der Waals surface area (Å²) in [6, 6.07) is 8.81. The van der Waals surface area contributed by atoms with Crippen molar-refractivity contribution in [2.24, 2.45) is 5.73 Å². The molecule has 3 N–H and O–H groups in total. The van der Waals surface area contributed by atoms with Gasteiger partial charge in [-0.2, -0.15) is 0 Å². The van der Waals surface area contributed by atoms with Crippen LogP contribution >= 0.6 is 0 Å². The first-order chi connectivity index (χ1) is 11.2. The highest BCUT2D eigenvalue weighted by Gasteiger charge is 2.22. The Bertz CT molecular complexity index is 910. The van der Waals surface area contributed by atoms with Gasteiger partial charge in [0.1, 0.15) is 0 Å². The average Bonchev–Trinajstić information content (AvgIpc) is 2.53. The number of sulfonamides is 1. The number of nitrogens with one attached hydrogen (secondary N) is 1. The van der Waals surface area contributed by atoms with Crippen molar-refractivity contribution < 1.29 is 22.9 Å². The van der Waals surface area contributed by atoms with Gasteiger partial charge in [0.05, 0.1) is 16.9 Å². The van der Waals surface area contributed by atoms with E-state index < -0.39 is 26.5 Å². The fraction of sp³-hybridized carbons (Fsp3) is 0.0714. The van der Waals surface area contributed by atoms with Gasteiger partial charge in [0.25, 0.3) is 10.0 Å². The first-order valence-corrected chi connectivity index (χ1v) is 7.98. The summed E-state index contributed by atoms with van der Waals surface area (Å²) in [7, 11) is -2.86. The molecule has 2 aromatic rings. The van der Waals surface area contributed by atoms with Crippen LogP contribution in [-0.4, -0.2) is 26.4 Å². The molecule has 0 fully saturated rings. The highest BCUT2D eigenvalue weighted by Crippen LogP contribution is 2.30. The zero-order valence-corrected chi connectivity index (χ0v) is 13.2. The normalized spacial score (nSPS) is 10.9. The molecule has 2 aromatic carbocycles. The van der Waals surface area contributed by atoms with E-state index in [4.69, 9.17) is 10.5 Å². The number of rotatable bonds is 6. The van der Waals surface area contributed by atoms with Crippen molar-refractivity contribution in [3.63, 3.8) is 0 Å². The lowest BCUT2D eigenvalue weighted by Crippen LogP contribution is -2.15. The van der Waals surface area contributed by atoms with Crippen LogP contribution < -0.4 is 15.2 Å². The average molecular weight is 351 g/mol. The van der Waals surface area contributed by atoms with Gasteiger partial charge in [0, 0.05) is 17.3 Å². The van der Waals surface area contributed by atoms with Crippen LogP contribution in [0.5, 0.6) is 5.75 Å². The molecule has 0 aliphatic rings. The van der Waals surface area contributed by atoms with Crippen molar-refractivity contribution in [1.29, 1.82) is 0 Å². The van der Waals surface area contributed by atoms with Crippen LogP contribution in [0.3, 0.4) is 0 Å². The Morgan fingerprint density at radius 2 is 1.96 bits per heavy atom. The zero-order chi connectivity index (χ0) is 17.9. The number of nitro groups is 1. The molecule has 0 spiro atoms. The molecular formula is C14H13N3O6S. The highest BCUT2D eigenvalue weighted by atomic mass is 32.2. The lowest BCUT2D eigenvalue weighted by atomic mass is 10.2. The Kier molecular flexibility index (Phi) is 4.69. The number of nitrogens with two attached hydrogens (primary N) is 1. The van der Waals surface area contributed by atoms with Crippen molar-refractivity contribution in [2.45, 2.75) is 4.90 Å². The van der Waals surface area contributed by atoms with E-state index >= 15 is 0 Å². The lowest BCUT2D eigenvalue weighted by Gasteiger charge is -2.10. The minimum atomic E-state index is -4.10. The number of carbonyl (C=O) groups excluding carboxylic acids is 1. The molecule has 0 aromatic heterocycles. The molecule has 10 heteroatoms. The Morgan fingerprint density at radius 3 is 2.54 bits per heavy atom. The smallest absolute Gasteiger partial charge is 0.312 e. The van der Waals surface area contributed by atoms with Gasteiger partial charge in [-0.25, -0.2) is 8.42 Å². The van der Waals surface area contributed by atoms with Gasteiger partial charge < -0.3 is 10.5 Å². The van der Waals surface area contributed by atoms with Crippen LogP contribution in [0.15, 0.2) is 47.4 Å². The molecule has 0 heterocycles. The number of nitrogens with zero attached hydrogens (tertiary/aromatic N) is 1. The summed E-state index contributed by atoms with van der Waals surface area (Å²) >= 11 is 0. The number of methoxy groups -OCH3 is 1. The molecule has 0 aliphatic heterocycles. The Hall–Kier alpha value is -3.14. The molecular weight excluding hydrogens is 338 g/mol. The molecule has 0 aliphatic carbocycles. The van der Waals surface area contributed by atoms with Crippen LogP contribution in [0.2, 0.25) is 0 Å². The summed E-state index contributed by atoms with van der Waals surface area (Å²) in [5, 5.41) is 11.0. The molecule has 0 saturated heterocycles. The number of primary amides is 1. The molecule has 0 unspecified atom stereocenters.